The van der Waals surface area contributed by atoms with E-state index in [0.717, 1.165) is 10.9 Å². The number of anilines is 1. The maximum Gasteiger partial charge on any atom is 0.282 e. The Labute approximate surface area is 227 Å². The summed E-state index contributed by atoms with van der Waals surface area (Å²) in [6.07, 6.45) is 2.32. The standard InChI is InChI=1S/C28H26BrFN4O4/c1-4-17(2)27-33-22-11-10-19(29)14-20(22)28(36)34(27)31-15-18-9-12-24(25(13-18)37-3)38-16-26(35)32-23-8-6-5-7-21(23)30/h5-15,17H,4,16H2,1-3H3,(H,32,35)/t17-/m1/s1. The molecular formula is C28H26BrFN4O4. The molecule has 0 spiro atoms. The number of hydrogen-bond acceptors (Lipinski definition) is 6. The van der Waals surface area contributed by atoms with Crippen LogP contribution in [0.4, 0.5) is 10.1 Å². The van der Waals surface area contributed by atoms with Gasteiger partial charge in [0.25, 0.3) is 11.5 Å². The minimum atomic E-state index is -0.535. The summed E-state index contributed by atoms with van der Waals surface area (Å²) in [5.74, 6) is 0.206. The number of amides is 1. The van der Waals surface area contributed by atoms with Gasteiger partial charge in [-0.2, -0.15) is 9.78 Å². The zero-order valence-corrected chi connectivity index (χ0v) is 22.7. The average Bonchev–Trinajstić information content (AvgIpc) is 2.92. The van der Waals surface area contributed by atoms with Crippen molar-refractivity contribution in [3.63, 3.8) is 0 Å². The molecule has 38 heavy (non-hydrogen) atoms. The van der Waals surface area contributed by atoms with Crippen molar-refractivity contribution in [3.05, 3.63) is 92.7 Å². The van der Waals surface area contributed by atoms with Gasteiger partial charge in [-0.15, -0.1) is 0 Å². The maximum absolute atomic E-state index is 13.8. The van der Waals surface area contributed by atoms with Crippen molar-refractivity contribution in [1.82, 2.24) is 9.66 Å². The Morgan fingerprint density at radius 3 is 2.71 bits per heavy atom. The van der Waals surface area contributed by atoms with Gasteiger partial charge in [0.05, 0.1) is 29.9 Å². The lowest BCUT2D eigenvalue weighted by Gasteiger charge is -2.14. The third-order valence-electron chi connectivity index (χ3n) is 5.90. The SMILES string of the molecule is CC[C@@H](C)c1nc2ccc(Br)cc2c(=O)n1N=Cc1ccc(OCC(=O)Nc2ccccc2F)c(OC)c1. The van der Waals surface area contributed by atoms with E-state index < -0.39 is 11.7 Å². The smallest absolute Gasteiger partial charge is 0.282 e. The molecule has 1 N–H and O–H groups in total. The van der Waals surface area contributed by atoms with E-state index in [4.69, 9.17) is 14.5 Å². The summed E-state index contributed by atoms with van der Waals surface area (Å²) in [6, 6.07) is 16.3. The van der Waals surface area contributed by atoms with Gasteiger partial charge in [0, 0.05) is 10.4 Å². The lowest BCUT2D eigenvalue weighted by atomic mass is 10.1. The summed E-state index contributed by atoms with van der Waals surface area (Å²) >= 11 is 3.41. The first kappa shape index (κ1) is 27.0. The zero-order chi connectivity index (χ0) is 27.2. The predicted octanol–water partition coefficient (Wildman–Crippen LogP) is 5.72. The molecule has 0 radical (unpaired) electrons. The molecular weight excluding hydrogens is 555 g/mol. The number of hydrogen-bond donors (Lipinski definition) is 1. The number of nitrogens with one attached hydrogen (secondary N) is 1. The first-order valence-corrected chi connectivity index (χ1v) is 12.7. The Hall–Kier alpha value is -4.05. The molecule has 0 aliphatic rings. The molecule has 0 bridgehead atoms. The summed E-state index contributed by atoms with van der Waals surface area (Å²) in [5, 5.41) is 7.39. The van der Waals surface area contributed by atoms with Crippen molar-refractivity contribution < 1.29 is 18.7 Å². The van der Waals surface area contributed by atoms with E-state index in [9.17, 15) is 14.0 Å². The van der Waals surface area contributed by atoms with Crippen LogP contribution in [0.25, 0.3) is 10.9 Å². The molecule has 0 aliphatic carbocycles. The highest BCUT2D eigenvalue weighted by atomic mass is 79.9. The van der Waals surface area contributed by atoms with E-state index >= 15 is 0 Å². The van der Waals surface area contributed by atoms with Crippen LogP contribution in [0, 0.1) is 5.82 Å². The summed E-state index contributed by atoms with van der Waals surface area (Å²) in [4.78, 5) is 30.2. The van der Waals surface area contributed by atoms with Crippen molar-refractivity contribution in [1.29, 1.82) is 0 Å². The fourth-order valence-corrected chi connectivity index (χ4v) is 4.04. The third kappa shape index (κ3) is 6.08. The Kier molecular flexibility index (Phi) is 8.52. The molecule has 1 heterocycles. The van der Waals surface area contributed by atoms with Crippen LogP contribution >= 0.6 is 15.9 Å². The summed E-state index contributed by atoms with van der Waals surface area (Å²) in [7, 11) is 1.47. The molecule has 8 nitrogen and oxygen atoms in total. The van der Waals surface area contributed by atoms with Gasteiger partial charge < -0.3 is 14.8 Å². The molecule has 1 atom stereocenters. The van der Waals surface area contributed by atoms with Gasteiger partial charge in [0.1, 0.15) is 11.6 Å². The van der Waals surface area contributed by atoms with Crippen molar-refractivity contribution in [2.24, 2.45) is 5.10 Å². The summed E-state index contributed by atoms with van der Waals surface area (Å²) in [6.45, 7) is 3.68. The second kappa shape index (κ2) is 12.0. The molecule has 196 valence electrons. The molecule has 1 amide bonds. The first-order valence-electron chi connectivity index (χ1n) is 11.9. The van der Waals surface area contributed by atoms with Crippen LogP contribution in [-0.4, -0.2) is 35.5 Å². The van der Waals surface area contributed by atoms with Crippen LogP contribution in [0.5, 0.6) is 11.5 Å². The second-order valence-electron chi connectivity index (χ2n) is 8.53. The molecule has 4 aromatic rings. The molecule has 0 saturated heterocycles. The van der Waals surface area contributed by atoms with Crippen LogP contribution < -0.4 is 20.3 Å². The number of rotatable bonds is 9. The van der Waals surface area contributed by atoms with E-state index in [1.165, 1.54) is 36.2 Å². The fraction of sp³-hybridized carbons (Fsp3) is 0.214. The highest BCUT2D eigenvalue weighted by molar-refractivity contribution is 9.10. The number of methoxy groups -OCH3 is 1. The largest absolute Gasteiger partial charge is 0.493 e. The lowest BCUT2D eigenvalue weighted by Crippen LogP contribution is -2.23. The normalized spacial score (nSPS) is 12.0. The highest BCUT2D eigenvalue weighted by Crippen LogP contribution is 2.28. The van der Waals surface area contributed by atoms with E-state index in [2.05, 4.69) is 26.3 Å². The Morgan fingerprint density at radius 1 is 1.18 bits per heavy atom. The van der Waals surface area contributed by atoms with Crippen LogP contribution in [0.15, 0.2) is 75.0 Å². The lowest BCUT2D eigenvalue weighted by molar-refractivity contribution is -0.118. The van der Waals surface area contributed by atoms with Gasteiger partial charge in [0.15, 0.2) is 18.1 Å². The summed E-state index contributed by atoms with van der Waals surface area (Å²) < 4.78 is 26.9. The maximum atomic E-state index is 13.8. The number of carbonyl (C=O) groups excluding carboxylic acids is 1. The van der Waals surface area contributed by atoms with Gasteiger partial charge in [-0.05, 0) is 60.5 Å². The Bertz CT molecular complexity index is 1570. The van der Waals surface area contributed by atoms with Crippen molar-refractivity contribution >= 4 is 44.6 Å². The fourth-order valence-electron chi connectivity index (χ4n) is 3.68. The Morgan fingerprint density at radius 2 is 1.97 bits per heavy atom. The molecule has 1 aromatic heterocycles. The number of nitrogens with zero attached hydrogens (tertiary/aromatic N) is 3. The van der Waals surface area contributed by atoms with Crippen molar-refractivity contribution in [3.8, 4) is 11.5 Å². The van der Waals surface area contributed by atoms with Crippen molar-refractivity contribution in [2.45, 2.75) is 26.2 Å². The topological polar surface area (TPSA) is 94.8 Å². The number of carbonyl (C=O) groups is 1. The molecule has 0 unspecified atom stereocenters. The molecule has 10 heteroatoms. The zero-order valence-electron chi connectivity index (χ0n) is 21.1. The van der Waals surface area contributed by atoms with Gasteiger partial charge >= 0.3 is 0 Å². The molecule has 0 saturated carbocycles. The van der Waals surface area contributed by atoms with Crippen LogP contribution in [0.3, 0.4) is 0 Å². The van der Waals surface area contributed by atoms with Gasteiger partial charge in [-0.1, -0.05) is 41.9 Å². The van der Waals surface area contributed by atoms with Gasteiger partial charge in [-0.3, -0.25) is 9.59 Å². The quantitative estimate of drug-likeness (QED) is 0.255. The van der Waals surface area contributed by atoms with Gasteiger partial charge in [-0.25, -0.2) is 9.37 Å². The van der Waals surface area contributed by atoms with E-state index in [-0.39, 0.29) is 23.8 Å². The number of halogens is 2. The highest BCUT2D eigenvalue weighted by Gasteiger charge is 2.16. The molecule has 4 rings (SSSR count). The average molecular weight is 581 g/mol. The molecule has 0 aliphatic heterocycles. The monoisotopic (exact) mass is 580 g/mol. The number of fused-ring (bicyclic) bond motifs is 1. The number of benzene rings is 3. The first-order chi connectivity index (χ1) is 18.3. The number of ether oxygens (including phenoxy) is 2. The number of para-hydroxylation sites is 1. The van der Waals surface area contributed by atoms with Crippen LogP contribution in [-0.2, 0) is 4.79 Å². The van der Waals surface area contributed by atoms with E-state index in [1.54, 1.807) is 36.4 Å². The minimum absolute atomic E-state index is 0.00807. The number of aromatic nitrogens is 2. The van der Waals surface area contributed by atoms with E-state index in [1.807, 2.05) is 19.9 Å². The van der Waals surface area contributed by atoms with Crippen LogP contribution in [0.2, 0.25) is 0 Å². The predicted molar refractivity (Wildman–Crippen MR) is 149 cm³/mol. The van der Waals surface area contributed by atoms with Crippen LogP contribution in [0.1, 0.15) is 37.6 Å². The minimum Gasteiger partial charge on any atom is -0.493 e. The third-order valence-corrected chi connectivity index (χ3v) is 6.40. The molecule has 3 aromatic carbocycles. The Balaban J connectivity index is 1.56. The van der Waals surface area contributed by atoms with E-state index in [0.29, 0.717) is 33.8 Å². The van der Waals surface area contributed by atoms with Gasteiger partial charge in [0.2, 0.25) is 0 Å². The second-order valence-corrected chi connectivity index (χ2v) is 9.44. The summed E-state index contributed by atoms with van der Waals surface area (Å²) in [5.41, 5.74) is 1.06. The molecule has 0 fully saturated rings. The van der Waals surface area contributed by atoms with Crippen molar-refractivity contribution in [2.75, 3.05) is 19.0 Å².